The first-order chi connectivity index (χ1) is 17.9. The minimum absolute atomic E-state index is 1.17. The van der Waals surface area contributed by atoms with Gasteiger partial charge in [-0.2, -0.15) is 4.57 Å². The van der Waals surface area contributed by atoms with Gasteiger partial charge in [0.15, 0.2) is 0 Å². The molecule has 204 valence electrons. The normalized spacial score (nSPS) is 11.4. The van der Waals surface area contributed by atoms with Crippen LogP contribution in [-0.4, -0.2) is 4.57 Å². The molecule has 0 N–H and O–H groups in total. The van der Waals surface area contributed by atoms with Crippen molar-refractivity contribution in [2.24, 2.45) is 0 Å². The molecule has 0 spiro atoms. The Morgan fingerprint density at radius 1 is 0.528 bits per heavy atom. The summed E-state index contributed by atoms with van der Waals surface area (Å²) in [6.07, 6.45) is 35.4. The van der Waals surface area contributed by atoms with Crippen molar-refractivity contribution in [3.8, 4) is 5.69 Å². The van der Waals surface area contributed by atoms with Crippen molar-refractivity contribution in [2.45, 2.75) is 162 Å². The lowest BCUT2D eigenvalue weighted by Crippen LogP contribution is -2.37. The standard InChI is InChI=1S/C34H59N2/c1-3-5-7-9-11-12-13-14-15-16-17-18-20-25-29-34-35(30-26-21-19-10-8-6-4-2)31-32-36(34)33-27-23-22-24-28-33/h22-24,27-28,31-32H,3-21,25-26,29-30H2,1-2H3/q+1. The first-order valence-electron chi connectivity index (χ1n) is 16.0. The van der Waals surface area contributed by atoms with E-state index in [0.29, 0.717) is 0 Å². The number of nitrogens with zero attached hydrogens (tertiary/aromatic N) is 2. The molecule has 1 aromatic carbocycles. The lowest BCUT2D eigenvalue weighted by atomic mass is 10.0. The zero-order valence-electron chi connectivity index (χ0n) is 24.2. The summed E-state index contributed by atoms with van der Waals surface area (Å²) in [6, 6.07) is 10.9. The van der Waals surface area contributed by atoms with Crippen molar-refractivity contribution >= 4 is 0 Å². The van der Waals surface area contributed by atoms with Crippen LogP contribution in [0.15, 0.2) is 42.7 Å². The van der Waals surface area contributed by atoms with Gasteiger partial charge in [-0.3, -0.25) is 0 Å². The van der Waals surface area contributed by atoms with Gasteiger partial charge in [-0.05, 0) is 31.4 Å². The summed E-state index contributed by atoms with van der Waals surface area (Å²) in [6.45, 7) is 5.77. The van der Waals surface area contributed by atoms with Crippen molar-refractivity contribution in [3.63, 3.8) is 0 Å². The molecule has 0 atom stereocenters. The highest BCUT2D eigenvalue weighted by Crippen LogP contribution is 2.16. The third kappa shape index (κ3) is 13.7. The Kier molecular flexibility index (Phi) is 18.3. The Morgan fingerprint density at radius 2 is 0.972 bits per heavy atom. The van der Waals surface area contributed by atoms with Gasteiger partial charge in [0.25, 0.3) is 5.82 Å². The molecule has 2 heteroatoms. The smallest absolute Gasteiger partial charge is 0.234 e. The highest BCUT2D eigenvalue weighted by Gasteiger charge is 2.18. The van der Waals surface area contributed by atoms with Crippen LogP contribution in [0.3, 0.4) is 0 Å². The second kappa shape index (κ2) is 21.5. The molecule has 0 aliphatic heterocycles. The highest BCUT2D eigenvalue weighted by molar-refractivity contribution is 5.31. The van der Waals surface area contributed by atoms with Crippen molar-refractivity contribution in [1.29, 1.82) is 0 Å². The number of benzene rings is 1. The van der Waals surface area contributed by atoms with Crippen LogP contribution in [0.25, 0.3) is 5.69 Å². The number of aryl methyl sites for hydroxylation is 1. The highest BCUT2D eigenvalue weighted by atomic mass is 15.1. The summed E-state index contributed by atoms with van der Waals surface area (Å²) in [5.41, 5.74) is 1.30. The molecule has 0 fully saturated rings. The molecule has 1 heterocycles. The van der Waals surface area contributed by atoms with E-state index in [1.807, 2.05) is 0 Å². The van der Waals surface area contributed by atoms with E-state index in [1.165, 1.54) is 159 Å². The number of unbranched alkanes of at least 4 members (excludes halogenated alkanes) is 19. The lowest BCUT2D eigenvalue weighted by molar-refractivity contribution is -0.704. The topological polar surface area (TPSA) is 8.81 Å². The van der Waals surface area contributed by atoms with E-state index in [0.717, 1.165) is 0 Å². The van der Waals surface area contributed by atoms with E-state index >= 15 is 0 Å². The van der Waals surface area contributed by atoms with Crippen molar-refractivity contribution in [1.82, 2.24) is 4.57 Å². The maximum atomic E-state index is 2.54. The fraction of sp³-hybridized carbons (Fsp3) is 0.735. The molecule has 1 aromatic heterocycles. The summed E-state index contributed by atoms with van der Waals surface area (Å²) in [7, 11) is 0. The van der Waals surface area contributed by atoms with E-state index in [2.05, 4.69) is 65.7 Å². The van der Waals surface area contributed by atoms with Crippen LogP contribution >= 0.6 is 0 Å². The van der Waals surface area contributed by atoms with Gasteiger partial charge in [0.2, 0.25) is 0 Å². The van der Waals surface area contributed by atoms with E-state index in [1.54, 1.807) is 0 Å². The van der Waals surface area contributed by atoms with Crippen LogP contribution in [-0.2, 0) is 13.0 Å². The molecule has 0 bridgehead atoms. The van der Waals surface area contributed by atoms with Crippen molar-refractivity contribution in [3.05, 3.63) is 48.5 Å². The maximum Gasteiger partial charge on any atom is 0.261 e. The van der Waals surface area contributed by atoms with Gasteiger partial charge in [-0.25, -0.2) is 4.57 Å². The predicted octanol–water partition coefficient (Wildman–Crippen LogP) is 10.5. The third-order valence-corrected chi connectivity index (χ3v) is 7.80. The summed E-state index contributed by atoms with van der Waals surface area (Å²) < 4.78 is 4.98. The fourth-order valence-corrected chi connectivity index (χ4v) is 5.47. The Balaban J connectivity index is 1.64. The van der Waals surface area contributed by atoms with Crippen LogP contribution < -0.4 is 4.57 Å². The molecule has 0 saturated heterocycles. The van der Waals surface area contributed by atoms with Gasteiger partial charge in [0.05, 0.1) is 6.54 Å². The minimum Gasteiger partial charge on any atom is -0.234 e. The third-order valence-electron chi connectivity index (χ3n) is 7.80. The van der Waals surface area contributed by atoms with E-state index in [9.17, 15) is 0 Å². The first-order valence-corrected chi connectivity index (χ1v) is 16.0. The molecular formula is C34H59N2+. The second-order valence-corrected chi connectivity index (χ2v) is 11.1. The minimum atomic E-state index is 1.17. The molecular weight excluding hydrogens is 436 g/mol. The fourth-order valence-electron chi connectivity index (χ4n) is 5.47. The lowest BCUT2D eigenvalue weighted by Gasteiger charge is -2.06. The zero-order valence-corrected chi connectivity index (χ0v) is 24.2. The van der Waals surface area contributed by atoms with Crippen molar-refractivity contribution < 1.29 is 4.57 Å². The molecule has 0 aliphatic rings. The summed E-state index contributed by atoms with van der Waals surface area (Å²) >= 11 is 0. The summed E-state index contributed by atoms with van der Waals surface area (Å²) in [4.78, 5) is 0. The molecule has 0 amide bonds. The van der Waals surface area contributed by atoms with Crippen LogP contribution in [0.1, 0.15) is 155 Å². The molecule has 0 unspecified atom stereocenters. The molecule has 0 aliphatic carbocycles. The molecule has 2 rings (SSSR count). The van der Waals surface area contributed by atoms with Gasteiger partial charge >= 0.3 is 0 Å². The van der Waals surface area contributed by atoms with Gasteiger partial charge in [-0.1, -0.05) is 148 Å². The second-order valence-electron chi connectivity index (χ2n) is 11.1. The number of aromatic nitrogens is 2. The van der Waals surface area contributed by atoms with Crippen LogP contribution in [0, 0.1) is 0 Å². The molecule has 0 radical (unpaired) electrons. The Labute approximate surface area is 224 Å². The SMILES string of the molecule is CCCCCCCCCCCCCCCCc1n(-c2ccccc2)cc[n+]1CCCCCCCCC. The maximum absolute atomic E-state index is 2.54. The average molecular weight is 496 g/mol. The molecule has 2 nitrogen and oxygen atoms in total. The molecule has 2 aromatic rings. The largest absolute Gasteiger partial charge is 0.261 e. The summed E-state index contributed by atoms with van der Waals surface area (Å²) in [5, 5.41) is 0. The zero-order chi connectivity index (χ0) is 25.5. The van der Waals surface area contributed by atoms with E-state index in [-0.39, 0.29) is 0 Å². The predicted molar refractivity (Wildman–Crippen MR) is 158 cm³/mol. The quantitative estimate of drug-likeness (QED) is 0.101. The monoisotopic (exact) mass is 495 g/mol. The number of imidazole rings is 1. The van der Waals surface area contributed by atoms with Gasteiger partial charge in [0, 0.05) is 6.42 Å². The number of para-hydroxylation sites is 1. The molecule has 36 heavy (non-hydrogen) atoms. The number of hydrogen-bond acceptors (Lipinski definition) is 0. The van der Waals surface area contributed by atoms with Crippen LogP contribution in [0.4, 0.5) is 0 Å². The van der Waals surface area contributed by atoms with Gasteiger partial charge in [-0.15, -0.1) is 0 Å². The first kappa shape index (κ1) is 30.7. The van der Waals surface area contributed by atoms with E-state index in [4.69, 9.17) is 0 Å². The van der Waals surface area contributed by atoms with E-state index < -0.39 is 0 Å². The van der Waals surface area contributed by atoms with Crippen LogP contribution in [0.5, 0.6) is 0 Å². The van der Waals surface area contributed by atoms with Gasteiger partial charge in [0.1, 0.15) is 18.1 Å². The average Bonchev–Trinajstić information content (AvgIpc) is 3.31. The Hall–Kier alpha value is -1.57. The summed E-state index contributed by atoms with van der Waals surface area (Å²) in [5.74, 6) is 1.49. The molecule has 0 saturated carbocycles. The Morgan fingerprint density at radius 3 is 1.47 bits per heavy atom. The van der Waals surface area contributed by atoms with Crippen molar-refractivity contribution in [2.75, 3.05) is 0 Å². The number of rotatable bonds is 24. The Bertz CT molecular complexity index is 733. The number of hydrogen-bond donors (Lipinski definition) is 0. The van der Waals surface area contributed by atoms with Gasteiger partial charge < -0.3 is 0 Å². The van der Waals surface area contributed by atoms with Crippen LogP contribution in [0.2, 0.25) is 0 Å².